The van der Waals surface area contributed by atoms with Crippen molar-refractivity contribution in [2.45, 2.75) is 0 Å². The molecule has 0 amide bonds. The Kier molecular flexibility index (Phi) is 9.89. The van der Waals surface area contributed by atoms with E-state index in [1.54, 1.807) is 0 Å². The Morgan fingerprint density at radius 1 is 0.187 bits per heavy atom. The summed E-state index contributed by atoms with van der Waals surface area (Å²) in [7, 11) is 0. The summed E-state index contributed by atoms with van der Waals surface area (Å²) in [5, 5.41) is 12.5. The second-order valence-electron chi connectivity index (χ2n) is 19.7. The first-order valence-corrected chi connectivity index (χ1v) is 25.8. The van der Waals surface area contributed by atoms with Crippen LogP contribution in [0.4, 0.5) is 17.1 Å². The van der Waals surface area contributed by atoms with E-state index in [0.717, 1.165) is 45.0 Å². The second kappa shape index (κ2) is 17.4. The van der Waals surface area contributed by atoms with Crippen LogP contribution in [0.1, 0.15) is 0 Å². The van der Waals surface area contributed by atoms with E-state index in [0.29, 0.717) is 0 Å². The highest BCUT2D eigenvalue weighted by Gasteiger charge is 2.20. The Balaban J connectivity index is 0.904. The molecule has 0 atom stereocenters. The summed E-state index contributed by atoms with van der Waals surface area (Å²) in [6, 6.07) is 104. The largest absolute Gasteiger partial charge is 0.311 e. The van der Waals surface area contributed by atoms with Gasteiger partial charge in [0.1, 0.15) is 0 Å². The van der Waals surface area contributed by atoms with Crippen molar-refractivity contribution in [2.75, 3.05) is 4.90 Å². The van der Waals surface area contributed by atoms with Crippen LogP contribution in [-0.2, 0) is 0 Å². The topological polar surface area (TPSA) is 13.1 Å². The third kappa shape index (κ3) is 7.05. The summed E-state index contributed by atoms with van der Waals surface area (Å²) in [4.78, 5) is 2.34. The van der Waals surface area contributed by atoms with Crippen LogP contribution < -0.4 is 4.90 Å². The Morgan fingerprint density at radius 2 is 0.507 bits per heavy atom. The highest BCUT2D eigenvalue weighted by atomic mass is 15.1. The molecule has 0 aliphatic rings. The van der Waals surface area contributed by atoms with Gasteiger partial charge in [0.25, 0.3) is 0 Å². The zero-order chi connectivity index (χ0) is 49.4. The van der Waals surface area contributed by atoms with Crippen molar-refractivity contribution in [3.8, 4) is 44.8 Å². The van der Waals surface area contributed by atoms with Gasteiger partial charge < -0.3 is 14.0 Å². The smallest absolute Gasteiger partial charge is 0.0542 e. The van der Waals surface area contributed by atoms with Crippen molar-refractivity contribution in [1.29, 1.82) is 0 Å². The molecule has 75 heavy (non-hydrogen) atoms. The number of para-hydroxylation sites is 2. The fourth-order valence-corrected chi connectivity index (χ4v) is 12.0. The Hall–Kier alpha value is -9.96. The molecule has 0 spiro atoms. The first kappa shape index (κ1) is 42.7. The van der Waals surface area contributed by atoms with Crippen molar-refractivity contribution in [3.05, 3.63) is 285 Å². The molecule has 2 aromatic heterocycles. The van der Waals surface area contributed by atoms with Gasteiger partial charge in [0.05, 0.1) is 22.1 Å². The Bertz CT molecular complexity index is 4630. The number of anilines is 3. The molecule has 13 aromatic carbocycles. The van der Waals surface area contributed by atoms with Crippen LogP contribution in [0.25, 0.3) is 121 Å². The van der Waals surface area contributed by atoms with Crippen LogP contribution in [0.15, 0.2) is 285 Å². The summed E-state index contributed by atoms with van der Waals surface area (Å²) in [6.45, 7) is 0. The molecular weight excluding hydrogens is 907 g/mol. The average Bonchev–Trinajstić information content (AvgIpc) is 4.00. The summed E-state index contributed by atoms with van der Waals surface area (Å²) in [5.74, 6) is 0. The first-order chi connectivity index (χ1) is 37.2. The van der Waals surface area contributed by atoms with Gasteiger partial charge in [0.2, 0.25) is 0 Å². The maximum atomic E-state index is 2.48. The molecule has 15 rings (SSSR count). The molecule has 0 bridgehead atoms. The molecule has 0 unspecified atom stereocenters. The standard InChI is InChI=1S/C72H47N3/c1-4-16-48(17-5-1)50-28-34-55(35-29-50)73(54-20-8-3-9-21-54)56-36-30-51(31-37-56)53-33-42-71-67(45-53)68-47-58(74-69-27-15-14-26-64(69)66-44-52(32-41-70(66)74)49-18-6-2-7-19-49)39-43-72(68)75(71)57-38-40-63-61-24-11-10-22-59(61)60-23-12-13-25-62(60)65(63)46-57/h1-47H. The number of benzene rings is 13. The molecule has 0 fully saturated rings. The van der Waals surface area contributed by atoms with Gasteiger partial charge in [-0.1, -0.05) is 188 Å². The molecule has 0 radical (unpaired) electrons. The van der Waals surface area contributed by atoms with Crippen LogP contribution in [0.5, 0.6) is 0 Å². The molecular formula is C72H47N3. The maximum absolute atomic E-state index is 2.48. The van der Waals surface area contributed by atoms with E-state index in [4.69, 9.17) is 0 Å². The molecule has 0 aliphatic heterocycles. The third-order valence-electron chi connectivity index (χ3n) is 15.5. The highest BCUT2D eigenvalue weighted by molar-refractivity contribution is 6.26. The number of fused-ring (bicyclic) bond motifs is 12. The van der Waals surface area contributed by atoms with Crippen molar-refractivity contribution >= 4 is 93.0 Å². The normalized spacial score (nSPS) is 11.7. The summed E-state index contributed by atoms with van der Waals surface area (Å²) in [6.07, 6.45) is 0. The predicted molar refractivity (Wildman–Crippen MR) is 319 cm³/mol. The van der Waals surface area contributed by atoms with Crippen molar-refractivity contribution in [3.63, 3.8) is 0 Å². The van der Waals surface area contributed by atoms with E-state index >= 15 is 0 Å². The zero-order valence-electron chi connectivity index (χ0n) is 41.0. The van der Waals surface area contributed by atoms with Crippen LogP contribution in [0.2, 0.25) is 0 Å². The van der Waals surface area contributed by atoms with Gasteiger partial charge in [-0.3, -0.25) is 0 Å². The molecule has 15 aromatic rings. The SMILES string of the molecule is c1ccc(-c2ccc(N(c3ccccc3)c3ccc(-c4ccc5c(c4)c4cc(-n6c7ccccc7c7cc(-c8ccccc8)ccc76)ccc4n5-c4ccc5c6ccccc6c6ccccc6c5c4)cc3)cc2)cc1. The van der Waals surface area contributed by atoms with Gasteiger partial charge in [-0.25, -0.2) is 0 Å². The van der Waals surface area contributed by atoms with E-state index in [9.17, 15) is 0 Å². The maximum Gasteiger partial charge on any atom is 0.0542 e. The minimum Gasteiger partial charge on any atom is -0.311 e. The average molecular weight is 954 g/mol. The van der Waals surface area contributed by atoms with E-state index < -0.39 is 0 Å². The van der Waals surface area contributed by atoms with Crippen LogP contribution in [-0.4, -0.2) is 9.13 Å². The molecule has 0 N–H and O–H groups in total. The van der Waals surface area contributed by atoms with Gasteiger partial charge in [-0.2, -0.15) is 0 Å². The van der Waals surface area contributed by atoms with Crippen LogP contribution >= 0.6 is 0 Å². The van der Waals surface area contributed by atoms with Gasteiger partial charge in [-0.05, 0) is 163 Å². The van der Waals surface area contributed by atoms with Gasteiger partial charge in [-0.15, -0.1) is 0 Å². The summed E-state index contributed by atoms with van der Waals surface area (Å²) in [5.41, 5.74) is 17.4. The number of nitrogens with zero attached hydrogens (tertiary/aromatic N) is 3. The molecule has 0 aliphatic carbocycles. The lowest BCUT2D eigenvalue weighted by molar-refractivity contribution is 1.17. The fraction of sp³-hybridized carbons (Fsp3) is 0. The highest BCUT2D eigenvalue weighted by Crippen LogP contribution is 2.43. The van der Waals surface area contributed by atoms with E-state index in [2.05, 4.69) is 299 Å². The monoisotopic (exact) mass is 953 g/mol. The molecule has 0 saturated heterocycles. The van der Waals surface area contributed by atoms with Crippen LogP contribution in [0.3, 0.4) is 0 Å². The van der Waals surface area contributed by atoms with Gasteiger partial charge >= 0.3 is 0 Å². The van der Waals surface area contributed by atoms with Gasteiger partial charge in [0.15, 0.2) is 0 Å². The van der Waals surface area contributed by atoms with Crippen molar-refractivity contribution < 1.29 is 0 Å². The summed E-state index contributed by atoms with van der Waals surface area (Å²) >= 11 is 0. The minimum absolute atomic E-state index is 1.10. The Labute approximate surface area is 434 Å². The molecule has 3 heteroatoms. The summed E-state index contributed by atoms with van der Waals surface area (Å²) < 4.78 is 4.93. The van der Waals surface area contributed by atoms with E-state index in [1.165, 1.54) is 92.7 Å². The zero-order valence-corrected chi connectivity index (χ0v) is 41.0. The number of hydrogen-bond acceptors (Lipinski definition) is 1. The first-order valence-electron chi connectivity index (χ1n) is 25.8. The lowest BCUT2D eigenvalue weighted by Gasteiger charge is -2.26. The second-order valence-corrected chi connectivity index (χ2v) is 19.7. The van der Waals surface area contributed by atoms with Crippen LogP contribution in [0, 0.1) is 0 Å². The third-order valence-corrected chi connectivity index (χ3v) is 15.5. The quantitative estimate of drug-likeness (QED) is 0.138. The number of rotatable bonds is 8. The number of aromatic nitrogens is 2. The van der Waals surface area contributed by atoms with Gasteiger partial charge in [0, 0.05) is 50.0 Å². The number of hydrogen-bond donors (Lipinski definition) is 0. The fourth-order valence-electron chi connectivity index (χ4n) is 12.0. The molecule has 0 saturated carbocycles. The lowest BCUT2D eigenvalue weighted by Crippen LogP contribution is -2.09. The predicted octanol–water partition coefficient (Wildman–Crippen LogP) is 19.8. The van der Waals surface area contributed by atoms with E-state index in [-0.39, 0.29) is 0 Å². The van der Waals surface area contributed by atoms with Crippen molar-refractivity contribution in [1.82, 2.24) is 9.13 Å². The molecule has 3 nitrogen and oxygen atoms in total. The van der Waals surface area contributed by atoms with Crippen molar-refractivity contribution in [2.24, 2.45) is 0 Å². The Morgan fingerprint density at radius 3 is 1.05 bits per heavy atom. The van der Waals surface area contributed by atoms with E-state index in [1.807, 2.05) is 0 Å². The minimum atomic E-state index is 1.10. The lowest BCUT2D eigenvalue weighted by atomic mass is 9.94. The molecule has 350 valence electrons. The molecule has 2 heterocycles.